The molecule has 4 aromatic rings. The largest absolute Gasteiger partial charge is 0.373 e. The topological polar surface area (TPSA) is 74.8 Å². The predicted molar refractivity (Wildman–Crippen MR) is 124 cm³/mol. The molecular formula is C24H23ClFN5O2. The van der Waals surface area contributed by atoms with E-state index in [1.54, 1.807) is 30.8 Å². The average molecular weight is 468 g/mol. The van der Waals surface area contributed by atoms with Gasteiger partial charge in [-0.3, -0.25) is 19.0 Å². The van der Waals surface area contributed by atoms with Crippen molar-refractivity contribution in [3.8, 4) is 11.3 Å². The molecule has 0 radical (unpaired) electrons. The number of aromatic nitrogens is 5. The van der Waals surface area contributed by atoms with Gasteiger partial charge in [-0.25, -0.2) is 9.37 Å². The molecule has 1 aromatic carbocycles. The first-order valence-corrected chi connectivity index (χ1v) is 11.1. The van der Waals surface area contributed by atoms with Crippen LogP contribution in [0.25, 0.3) is 22.2 Å². The Balaban J connectivity index is 1.67. The van der Waals surface area contributed by atoms with Gasteiger partial charge < -0.3 is 4.74 Å². The van der Waals surface area contributed by atoms with E-state index in [9.17, 15) is 9.18 Å². The quantitative estimate of drug-likeness (QED) is 0.444. The van der Waals surface area contributed by atoms with Crippen LogP contribution < -0.4 is 5.56 Å². The second-order valence-corrected chi connectivity index (χ2v) is 8.90. The molecule has 33 heavy (non-hydrogen) atoms. The van der Waals surface area contributed by atoms with Crippen molar-refractivity contribution >= 4 is 22.5 Å². The third-order valence-electron chi connectivity index (χ3n) is 6.29. The standard InChI is InChI=1S/C24H23ClFN5O2/c1-13-28-20-10-19(14-6-7-33-21(8-14)15-11-27-30(2)12-15)29-23(22(20)24(32)31(13)3)17-5-4-16(25)9-18(17)26/h4-5,9-12,14,21H,6-8H2,1-3H3/t14?,21-/m1/s1. The second-order valence-electron chi connectivity index (χ2n) is 8.47. The Labute approximate surface area is 194 Å². The van der Waals surface area contributed by atoms with Crippen molar-refractivity contribution in [1.29, 1.82) is 0 Å². The van der Waals surface area contributed by atoms with Gasteiger partial charge in [-0.2, -0.15) is 5.10 Å². The minimum atomic E-state index is -0.531. The van der Waals surface area contributed by atoms with Crippen molar-refractivity contribution in [2.45, 2.75) is 31.8 Å². The van der Waals surface area contributed by atoms with Gasteiger partial charge in [-0.15, -0.1) is 0 Å². The van der Waals surface area contributed by atoms with Crippen molar-refractivity contribution in [2.75, 3.05) is 6.61 Å². The number of hydrogen-bond donors (Lipinski definition) is 0. The number of rotatable bonds is 3. The van der Waals surface area contributed by atoms with E-state index in [0.29, 0.717) is 29.8 Å². The lowest BCUT2D eigenvalue weighted by Gasteiger charge is -2.29. The Hall–Kier alpha value is -3.10. The molecule has 7 nitrogen and oxygen atoms in total. The number of ether oxygens (including phenoxy) is 1. The van der Waals surface area contributed by atoms with Gasteiger partial charge in [-0.05, 0) is 44.0 Å². The maximum absolute atomic E-state index is 15.0. The van der Waals surface area contributed by atoms with E-state index >= 15 is 0 Å². The van der Waals surface area contributed by atoms with Crippen LogP contribution in [0.3, 0.4) is 0 Å². The Morgan fingerprint density at radius 2 is 2.03 bits per heavy atom. The monoisotopic (exact) mass is 467 g/mol. The summed E-state index contributed by atoms with van der Waals surface area (Å²) in [6.45, 7) is 2.34. The predicted octanol–water partition coefficient (Wildman–Crippen LogP) is 4.47. The molecule has 1 saturated heterocycles. The van der Waals surface area contributed by atoms with Crippen LogP contribution in [-0.2, 0) is 18.8 Å². The Bertz CT molecular complexity index is 1430. The summed E-state index contributed by atoms with van der Waals surface area (Å²) in [5.74, 6) is 0.109. The Morgan fingerprint density at radius 1 is 1.21 bits per heavy atom. The molecule has 1 aliphatic heterocycles. The summed E-state index contributed by atoms with van der Waals surface area (Å²) in [7, 11) is 3.52. The first-order chi connectivity index (χ1) is 15.8. The molecule has 0 N–H and O–H groups in total. The molecule has 1 fully saturated rings. The van der Waals surface area contributed by atoms with E-state index in [1.165, 1.54) is 10.6 Å². The molecule has 170 valence electrons. The molecular weight excluding hydrogens is 445 g/mol. The smallest absolute Gasteiger partial charge is 0.263 e. The molecule has 1 unspecified atom stereocenters. The second kappa shape index (κ2) is 8.35. The van der Waals surface area contributed by atoms with E-state index in [4.69, 9.17) is 21.3 Å². The SMILES string of the molecule is Cc1nc2cc(C3CCO[C@@H](c4cnn(C)c4)C3)nc(-c3ccc(Cl)cc3F)c2c(=O)n1C. The highest BCUT2D eigenvalue weighted by atomic mass is 35.5. The van der Waals surface area contributed by atoms with Gasteiger partial charge in [0.25, 0.3) is 5.56 Å². The number of nitrogens with zero attached hydrogens (tertiary/aromatic N) is 5. The molecule has 4 heterocycles. The van der Waals surface area contributed by atoms with Gasteiger partial charge in [0, 0.05) is 54.7 Å². The molecule has 0 aliphatic carbocycles. The van der Waals surface area contributed by atoms with Crippen LogP contribution in [-0.4, -0.2) is 30.9 Å². The zero-order valence-corrected chi connectivity index (χ0v) is 19.3. The summed E-state index contributed by atoms with van der Waals surface area (Å²) in [5, 5.41) is 4.83. The van der Waals surface area contributed by atoms with E-state index < -0.39 is 5.82 Å². The molecule has 5 rings (SSSR count). The molecule has 3 aromatic heterocycles. The summed E-state index contributed by atoms with van der Waals surface area (Å²) in [6.07, 6.45) is 5.12. The summed E-state index contributed by atoms with van der Waals surface area (Å²) < 4.78 is 24.1. The zero-order chi connectivity index (χ0) is 23.3. The molecule has 2 atom stereocenters. The molecule has 9 heteroatoms. The molecule has 0 bridgehead atoms. The Morgan fingerprint density at radius 3 is 2.76 bits per heavy atom. The van der Waals surface area contributed by atoms with Crippen LogP contribution in [0.1, 0.15) is 41.9 Å². The van der Waals surface area contributed by atoms with Gasteiger partial charge in [0.1, 0.15) is 11.6 Å². The van der Waals surface area contributed by atoms with Crippen LogP contribution in [0, 0.1) is 12.7 Å². The molecule has 0 saturated carbocycles. The van der Waals surface area contributed by atoms with Crippen LogP contribution >= 0.6 is 11.6 Å². The first-order valence-electron chi connectivity index (χ1n) is 10.8. The number of pyridine rings is 1. The third-order valence-corrected chi connectivity index (χ3v) is 6.52. The number of halogens is 2. The van der Waals surface area contributed by atoms with Gasteiger partial charge in [0.2, 0.25) is 0 Å². The van der Waals surface area contributed by atoms with Gasteiger partial charge >= 0.3 is 0 Å². The van der Waals surface area contributed by atoms with E-state index in [-0.39, 0.29) is 33.9 Å². The first kappa shape index (κ1) is 21.7. The van der Waals surface area contributed by atoms with Gasteiger partial charge in [-0.1, -0.05) is 11.6 Å². The van der Waals surface area contributed by atoms with Crippen LogP contribution in [0.2, 0.25) is 5.02 Å². The fraction of sp³-hybridized carbons (Fsp3) is 0.333. The molecule has 0 amide bonds. The van der Waals surface area contributed by atoms with Crippen LogP contribution in [0.5, 0.6) is 0 Å². The average Bonchev–Trinajstić information content (AvgIpc) is 3.23. The Kier molecular flexibility index (Phi) is 5.50. The summed E-state index contributed by atoms with van der Waals surface area (Å²) in [5.41, 5.74) is 2.54. The van der Waals surface area contributed by atoms with Gasteiger partial charge in [0.15, 0.2) is 0 Å². The molecule has 1 aliphatic rings. The number of aryl methyl sites for hydroxylation is 2. The number of fused-ring (bicyclic) bond motifs is 1. The maximum Gasteiger partial charge on any atom is 0.263 e. The van der Waals surface area contributed by atoms with Crippen molar-refractivity contribution in [1.82, 2.24) is 24.3 Å². The minimum absolute atomic E-state index is 0.0635. The lowest BCUT2D eigenvalue weighted by atomic mass is 9.89. The fourth-order valence-electron chi connectivity index (χ4n) is 4.40. The number of benzene rings is 1. The third kappa shape index (κ3) is 3.94. The van der Waals surface area contributed by atoms with Crippen molar-refractivity contribution < 1.29 is 9.13 Å². The van der Waals surface area contributed by atoms with E-state index in [0.717, 1.165) is 17.7 Å². The summed E-state index contributed by atoms with van der Waals surface area (Å²) in [4.78, 5) is 22.6. The van der Waals surface area contributed by atoms with Crippen molar-refractivity contribution in [2.24, 2.45) is 14.1 Å². The highest BCUT2D eigenvalue weighted by molar-refractivity contribution is 6.30. The van der Waals surface area contributed by atoms with Gasteiger partial charge in [0.05, 0.1) is 28.9 Å². The highest BCUT2D eigenvalue weighted by Gasteiger charge is 2.28. The van der Waals surface area contributed by atoms with E-state index in [1.807, 2.05) is 25.5 Å². The normalized spacial score (nSPS) is 18.7. The zero-order valence-electron chi connectivity index (χ0n) is 18.5. The minimum Gasteiger partial charge on any atom is -0.373 e. The molecule has 0 spiro atoms. The lowest BCUT2D eigenvalue weighted by Crippen LogP contribution is -2.23. The van der Waals surface area contributed by atoms with Crippen molar-refractivity contribution in [3.63, 3.8) is 0 Å². The van der Waals surface area contributed by atoms with Crippen LogP contribution in [0.15, 0.2) is 41.5 Å². The maximum atomic E-state index is 15.0. The summed E-state index contributed by atoms with van der Waals surface area (Å²) in [6, 6.07) is 6.25. The highest BCUT2D eigenvalue weighted by Crippen LogP contribution is 2.39. The lowest BCUT2D eigenvalue weighted by molar-refractivity contribution is 0.00464. The van der Waals surface area contributed by atoms with E-state index in [2.05, 4.69) is 10.1 Å². The van der Waals surface area contributed by atoms with Crippen LogP contribution in [0.4, 0.5) is 4.39 Å². The fourth-order valence-corrected chi connectivity index (χ4v) is 4.56. The summed E-state index contributed by atoms with van der Waals surface area (Å²) >= 11 is 5.97. The van der Waals surface area contributed by atoms with Crippen molar-refractivity contribution in [3.05, 3.63) is 74.9 Å². The number of hydrogen-bond acceptors (Lipinski definition) is 5.